The van der Waals surface area contributed by atoms with Gasteiger partial charge in [-0.2, -0.15) is 0 Å². The van der Waals surface area contributed by atoms with Gasteiger partial charge in [-0.25, -0.2) is 9.97 Å². The van der Waals surface area contributed by atoms with E-state index in [1.54, 1.807) is 6.33 Å². The zero-order chi connectivity index (χ0) is 20.6. The van der Waals surface area contributed by atoms with E-state index in [1.807, 2.05) is 11.3 Å². The summed E-state index contributed by atoms with van der Waals surface area (Å²) >= 11 is 1.82. The van der Waals surface area contributed by atoms with Gasteiger partial charge in [-0.1, -0.05) is 53.2 Å². The second-order valence-corrected chi connectivity index (χ2v) is 11.3. The Balaban J connectivity index is 1.62. The first-order valence-electron chi connectivity index (χ1n) is 10.8. The van der Waals surface area contributed by atoms with E-state index in [4.69, 9.17) is 4.74 Å². The van der Waals surface area contributed by atoms with Crippen molar-refractivity contribution in [2.45, 2.75) is 78.6 Å². The molecule has 0 radical (unpaired) electrons. The normalized spacial score (nSPS) is 15.2. The van der Waals surface area contributed by atoms with Crippen LogP contribution >= 0.6 is 11.3 Å². The van der Waals surface area contributed by atoms with Crippen molar-refractivity contribution in [1.82, 2.24) is 9.97 Å². The van der Waals surface area contributed by atoms with Crippen LogP contribution in [0.15, 0.2) is 30.6 Å². The Morgan fingerprint density at radius 2 is 1.66 bits per heavy atom. The van der Waals surface area contributed by atoms with Crippen molar-refractivity contribution in [3.63, 3.8) is 0 Å². The van der Waals surface area contributed by atoms with Crippen LogP contribution in [0.3, 0.4) is 0 Å². The SMILES string of the molecule is CC(C)(C)CC(C)(C)c1ccc(Oc2ncnc3sc4c(c23)CCCCC4)cc1. The van der Waals surface area contributed by atoms with E-state index < -0.39 is 0 Å². The lowest BCUT2D eigenvalue weighted by Crippen LogP contribution is -2.24. The number of nitrogens with zero attached hydrogens (tertiary/aromatic N) is 2. The lowest BCUT2D eigenvalue weighted by molar-refractivity contribution is 0.284. The molecule has 3 nitrogen and oxygen atoms in total. The van der Waals surface area contributed by atoms with Crippen LogP contribution in [0.4, 0.5) is 0 Å². The van der Waals surface area contributed by atoms with Crippen LogP contribution in [0.2, 0.25) is 0 Å². The number of thiophene rings is 1. The predicted octanol–water partition coefficient (Wildman–Crippen LogP) is 7.47. The molecular weight excluding hydrogens is 376 g/mol. The van der Waals surface area contributed by atoms with Gasteiger partial charge < -0.3 is 4.74 Å². The first-order valence-corrected chi connectivity index (χ1v) is 11.6. The van der Waals surface area contributed by atoms with Crippen molar-refractivity contribution >= 4 is 21.6 Å². The lowest BCUT2D eigenvalue weighted by atomic mass is 9.72. The van der Waals surface area contributed by atoms with Gasteiger partial charge in [0.15, 0.2) is 0 Å². The second kappa shape index (κ2) is 7.71. The fourth-order valence-corrected chi connectivity index (χ4v) is 6.05. The van der Waals surface area contributed by atoms with E-state index in [1.165, 1.54) is 35.3 Å². The number of aryl methyl sites for hydroxylation is 2. The molecule has 0 N–H and O–H groups in total. The van der Waals surface area contributed by atoms with Crippen LogP contribution in [-0.4, -0.2) is 9.97 Å². The molecule has 4 heteroatoms. The molecule has 0 saturated heterocycles. The summed E-state index contributed by atoms with van der Waals surface area (Å²) in [7, 11) is 0. The highest BCUT2D eigenvalue weighted by atomic mass is 32.1. The zero-order valence-corrected chi connectivity index (χ0v) is 19.2. The van der Waals surface area contributed by atoms with Crippen LogP contribution in [0, 0.1) is 5.41 Å². The summed E-state index contributed by atoms with van der Waals surface area (Å²) in [6.07, 6.45) is 8.85. The highest BCUT2D eigenvalue weighted by Gasteiger charge is 2.27. The van der Waals surface area contributed by atoms with E-state index in [0.717, 1.165) is 35.2 Å². The van der Waals surface area contributed by atoms with E-state index in [-0.39, 0.29) is 5.41 Å². The fourth-order valence-electron chi connectivity index (χ4n) is 4.83. The summed E-state index contributed by atoms with van der Waals surface area (Å²) in [5.41, 5.74) is 3.18. The number of rotatable bonds is 4. The van der Waals surface area contributed by atoms with Crippen molar-refractivity contribution in [3.8, 4) is 11.6 Å². The van der Waals surface area contributed by atoms with E-state index >= 15 is 0 Å². The predicted molar refractivity (Wildman–Crippen MR) is 122 cm³/mol. The summed E-state index contributed by atoms with van der Waals surface area (Å²) in [6, 6.07) is 8.57. The Bertz CT molecular complexity index is 996. The number of hydrogen-bond donors (Lipinski definition) is 0. The molecule has 1 aromatic carbocycles. The molecule has 0 atom stereocenters. The van der Waals surface area contributed by atoms with Crippen molar-refractivity contribution < 1.29 is 4.74 Å². The standard InChI is InChI=1S/C25H32N2OS/c1-24(2,3)15-25(4,5)17-11-13-18(14-12-17)28-22-21-19-9-7-6-8-10-20(19)29-23(21)27-16-26-22/h11-14,16H,6-10,15H2,1-5H3. The summed E-state index contributed by atoms with van der Waals surface area (Å²) in [5, 5.41) is 1.13. The molecule has 154 valence electrons. The Kier molecular flexibility index (Phi) is 5.41. The van der Waals surface area contributed by atoms with Crippen LogP contribution in [-0.2, 0) is 18.3 Å². The molecule has 4 rings (SSSR count). The maximum absolute atomic E-state index is 6.28. The van der Waals surface area contributed by atoms with Crippen molar-refractivity contribution in [2.24, 2.45) is 5.41 Å². The third kappa shape index (κ3) is 4.48. The third-order valence-corrected chi connectivity index (χ3v) is 6.99. The highest BCUT2D eigenvalue weighted by molar-refractivity contribution is 7.18. The Hall–Kier alpha value is -1.94. The minimum atomic E-state index is 0.129. The molecule has 1 aliphatic rings. The Labute approximate surface area is 178 Å². The fraction of sp³-hybridized carbons (Fsp3) is 0.520. The molecule has 2 aromatic heterocycles. The van der Waals surface area contributed by atoms with E-state index in [0.29, 0.717) is 11.3 Å². The molecule has 0 aliphatic heterocycles. The molecule has 2 heterocycles. The first kappa shape index (κ1) is 20.3. The van der Waals surface area contributed by atoms with Gasteiger partial charge >= 0.3 is 0 Å². The van der Waals surface area contributed by atoms with Crippen molar-refractivity contribution in [1.29, 1.82) is 0 Å². The minimum Gasteiger partial charge on any atom is -0.438 e. The van der Waals surface area contributed by atoms with Crippen molar-refractivity contribution in [2.75, 3.05) is 0 Å². The van der Waals surface area contributed by atoms with Gasteiger partial charge in [0, 0.05) is 4.88 Å². The van der Waals surface area contributed by atoms with Gasteiger partial charge in [0.25, 0.3) is 0 Å². The van der Waals surface area contributed by atoms with Crippen LogP contribution in [0.1, 0.15) is 76.3 Å². The summed E-state index contributed by atoms with van der Waals surface area (Å²) in [4.78, 5) is 11.6. The maximum atomic E-state index is 6.28. The van der Waals surface area contributed by atoms with Gasteiger partial charge in [0.2, 0.25) is 5.88 Å². The first-order chi connectivity index (χ1) is 13.7. The largest absolute Gasteiger partial charge is 0.438 e. The average molecular weight is 409 g/mol. The molecule has 1 aliphatic carbocycles. The lowest BCUT2D eigenvalue weighted by Gasteiger charge is -2.33. The number of benzene rings is 1. The zero-order valence-electron chi connectivity index (χ0n) is 18.3. The van der Waals surface area contributed by atoms with Crippen LogP contribution < -0.4 is 4.74 Å². The van der Waals surface area contributed by atoms with Crippen molar-refractivity contribution in [3.05, 3.63) is 46.6 Å². The molecule has 0 saturated carbocycles. The van der Waals surface area contributed by atoms with Gasteiger partial charge in [-0.15, -0.1) is 11.3 Å². The van der Waals surface area contributed by atoms with Gasteiger partial charge in [0.1, 0.15) is 16.9 Å². The molecule has 29 heavy (non-hydrogen) atoms. The molecule has 0 amide bonds. The Morgan fingerprint density at radius 3 is 2.38 bits per heavy atom. The monoisotopic (exact) mass is 408 g/mol. The number of aromatic nitrogens is 2. The van der Waals surface area contributed by atoms with Gasteiger partial charge in [0.05, 0.1) is 5.39 Å². The summed E-state index contributed by atoms with van der Waals surface area (Å²) in [6.45, 7) is 11.6. The molecule has 3 aromatic rings. The number of fused-ring (bicyclic) bond motifs is 3. The summed E-state index contributed by atoms with van der Waals surface area (Å²) < 4.78 is 6.28. The second-order valence-electron chi connectivity index (χ2n) is 10.2. The molecular formula is C25H32N2OS. The van der Waals surface area contributed by atoms with Crippen LogP contribution in [0.5, 0.6) is 11.6 Å². The Morgan fingerprint density at radius 1 is 0.931 bits per heavy atom. The molecule has 0 bridgehead atoms. The minimum absolute atomic E-state index is 0.129. The summed E-state index contributed by atoms with van der Waals surface area (Å²) in [5.74, 6) is 1.55. The number of ether oxygens (including phenoxy) is 1. The average Bonchev–Trinajstić information content (AvgIpc) is 2.83. The van der Waals surface area contributed by atoms with Gasteiger partial charge in [-0.3, -0.25) is 0 Å². The highest BCUT2D eigenvalue weighted by Crippen LogP contribution is 2.40. The maximum Gasteiger partial charge on any atom is 0.231 e. The molecule has 0 unspecified atom stereocenters. The smallest absolute Gasteiger partial charge is 0.231 e. The van der Waals surface area contributed by atoms with Crippen LogP contribution in [0.25, 0.3) is 10.2 Å². The quantitative estimate of drug-likeness (QED) is 0.420. The number of hydrogen-bond acceptors (Lipinski definition) is 4. The van der Waals surface area contributed by atoms with E-state index in [2.05, 4.69) is 68.9 Å². The third-order valence-electron chi connectivity index (χ3n) is 5.79. The van der Waals surface area contributed by atoms with Gasteiger partial charge in [-0.05, 0) is 66.2 Å². The molecule has 0 fully saturated rings. The van der Waals surface area contributed by atoms with E-state index in [9.17, 15) is 0 Å². The molecule has 0 spiro atoms. The topological polar surface area (TPSA) is 35.0 Å².